The van der Waals surface area contributed by atoms with Crippen LogP contribution in [0.2, 0.25) is 0 Å². The molecule has 0 aliphatic rings. The number of thiophene rings is 1. The van der Waals surface area contributed by atoms with E-state index in [0.717, 1.165) is 4.88 Å². The fourth-order valence-electron chi connectivity index (χ4n) is 2.27. The van der Waals surface area contributed by atoms with Gasteiger partial charge in [0.1, 0.15) is 0 Å². The molecule has 3 rings (SSSR count). The standard InChI is InChI=1S/C20H15NO4S2/c1-25-20(22)16-6-3-9-19(14-16)27(23,24)21-17-7-2-5-15(13-17)10-11-18-8-4-12-26-18/h2-9,12-14,21H,1H3. The molecule has 0 unspecified atom stereocenters. The third kappa shape index (κ3) is 4.76. The van der Waals surface area contributed by atoms with Gasteiger partial charge in [0, 0.05) is 5.56 Å². The number of carbonyl (C=O) groups is 1. The van der Waals surface area contributed by atoms with Crippen LogP contribution in [-0.4, -0.2) is 21.5 Å². The van der Waals surface area contributed by atoms with E-state index in [4.69, 9.17) is 0 Å². The van der Waals surface area contributed by atoms with E-state index in [1.54, 1.807) is 24.3 Å². The van der Waals surface area contributed by atoms with Gasteiger partial charge in [-0.2, -0.15) is 0 Å². The summed E-state index contributed by atoms with van der Waals surface area (Å²) < 4.78 is 32.4. The van der Waals surface area contributed by atoms with Crippen molar-refractivity contribution < 1.29 is 17.9 Å². The molecule has 0 radical (unpaired) electrons. The van der Waals surface area contributed by atoms with Gasteiger partial charge in [-0.15, -0.1) is 11.3 Å². The van der Waals surface area contributed by atoms with E-state index in [1.807, 2.05) is 17.5 Å². The topological polar surface area (TPSA) is 72.5 Å². The minimum Gasteiger partial charge on any atom is -0.465 e. The van der Waals surface area contributed by atoms with Gasteiger partial charge in [0.2, 0.25) is 0 Å². The van der Waals surface area contributed by atoms with E-state index in [0.29, 0.717) is 11.3 Å². The van der Waals surface area contributed by atoms with E-state index >= 15 is 0 Å². The van der Waals surface area contributed by atoms with Gasteiger partial charge in [-0.25, -0.2) is 13.2 Å². The molecule has 0 saturated carbocycles. The lowest BCUT2D eigenvalue weighted by Gasteiger charge is -2.09. The first-order chi connectivity index (χ1) is 13.0. The Morgan fingerprint density at radius 3 is 2.59 bits per heavy atom. The molecule has 2 aromatic carbocycles. The first-order valence-electron chi connectivity index (χ1n) is 7.85. The molecule has 0 bridgehead atoms. The Kier molecular flexibility index (Phi) is 5.60. The summed E-state index contributed by atoms with van der Waals surface area (Å²) in [5.41, 5.74) is 1.24. The number of methoxy groups -OCH3 is 1. The van der Waals surface area contributed by atoms with Gasteiger partial charge in [-0.1, -0.05) is 30.0 Å². The Hall–Kier alpha value is -3.08. The van der Waals surface area contributed by atoms with Crippen molar-refractivity contribution in [3.8, 4) is 11.8 Å². The molecule has 7 heteroatoms. The van der Waals surface area contributed by atoms with Crippen molar-refractivity contribution in [3.63, 3.8) is 0 Å². The fraction of sp³-hybridized carbons (Fsp3) is 0.0500. The number of carbonyl (C=O) groups excluding carboxylic acids is 1. The van der Waals surface area contributed by atoms with Gasteiger partial charge in [0.15, 0.2) is 0 Å². The maximum atomic E-state index is 12.6. The van der Waals surface area contributed by atoms with Gasteiger partial charge < -0.3 is 4.74 Å². The largest absolute Gasteiger partial charge is 0.465 e. The van der Waals surface area contributed by atoms with Crippen molar-refractivity contribution in [1.29, 1.82) is 0 Å². The maximum absolute atomic E-state index is 12.6. The highest BCUT2D eigenvalue weighted by atomic mass is 32.2. The minimum absolute atomic E-state index is 0.0273. The summed E-state index contributed by atoms with van der Waals surface area (Å²) in [7, 11) is -2.62. The predicted molar refractivity (Wildman–Crippen MR) is 105 cm³/mol. The average molecular weight is 397 g/mol. The zero-order valence-electron chi connectivity index (χ0n) is 14.3. The zero-order valence-corrected chi connectivity index (χ0v) is 15.9. The molecule has 5 nitrogen and oxygen atoms in total. The molecule has 1 N–H and O–H groups in total. The molecular formula is C20H15NO4S2. The fourth-order valence-corrected chi connectivity index (χ4v) is 3.93. The second kappa shape index (κ2) is 8.08. The van der Waals surface area contributed by atoms with Crippen LogP contribution in [0, 0.1) is 11.8 Å². The van der Waals surface area contributed by atoms with Gasteiger partial charge >= 0.3 is 5.97 Å². The van der Waals surface area contributed by atoms with Crippen LogP contribution in [0.3, 0.4) is 0 Å². The molecule has 0 fully saturated rings. The third-order valence-corrected chi connectivity index (χ3v) is 5.70. The van der Waals surface area contributed by atoms with Crippen LogP contribution in [0.25, 0.3) is 0 Å². The highest BCUT2D eigenvalue weighted by Crippen LogP contribution is 2.18. The first kappa shape index (κ1) is 18.7. The summed E-state index contributed by atoms with van der Waals surface area (Å²) in [6.45, 7) is 0. The Morgan fingerprint density at radius 2 is 1.85 bits per heavy atom. The molecule has 0 amide bonds. The second-order valence-corrected chi connectivity index (χ2v) is 8.06. The lowest BCUT2D eigenvalue weighted by atomic mass is 10.2. The molecule has 0 spiro atoms. The van der Waals surface area contributed by atoms with Crippen LogP contribution in [0.1, 0.15) is 20.8 Å². The van der Waals surface area contributed by atoms with Crippen molar-refractivity contribution in [1.82, 2.24) is 0 Å². The highest BCUT2D eigenvalue weighted by molar-refractivity contribution is 7.92. The summed E-state index contributed by atoms with van der Waals surface area (Å²) in [4.78, 5) is 12.5. The van der Waals surface area contributed by atoms with Gasteiger partial charge in [-0.05, 0) is 47.8 Å². The van der Waals surface area contributed by atoms with Crippen molar-refractivity contribution in [2.45, 2.75) is 4.90 Å². The normalized spacial score (nSPS) is 10.6. The number of esters is 1. The molecule has 27 heavy (non-hydrogen) atoms. The second-order valence-electron chi connectivity index (χ2n) is 5.43. The average Bonchev–Trinajstić information content (AvgIpc) is 3.19. The molecular weight excluding hydrogens is 382 g/mol. The van der Waals surface area contributed by atoms with E-state index in [9.17, 15) is 13.2 Å². The van der Waals surface area contributed by atoms with Crippen LogP contribution in [-0.2, 0) is 14.8 Å². The molecule has 0 aliphatic heterocycles. The zero-order chi connectivity index (χ0) is 19.3. The van der Waals surface area contributed by atoms with Crippen molar-refractivity contribution in [2.75, 3.05) is 11.8 Å². The maximum Gasteiger partial charge on any atom is 0.337 e. The van der Waals surface area contributed by atoms with Crippen LogP contribution in [0.5, 0.6) is 0 Å². The molecule has 0 atom stereocenters. The number of benzene rings is 2. The Bertz CT molecular complexity index is 1120. The molecule has 136 valence electrons. The van der Waals surface area contributed by atoms with Crippen LogP contribution in [0.4, 0.5) is 5.69 Å². The van der Waals surface area contributed by atoms with E-state index in [1.165, 1.54) is 42.7 Å². The van der Waals surface area contributed by atoms with Crippen molar-refractivity contribution in [3.05, 3.63) is 82.0 Å². The van der Waals surface area contributed by atoms with Crippen LogP contribution in [0.15, 0.2) is 70.9 Å². The quantitative estimate of drug-likeness (QED) is 0.538. The molecule has 0 saturated heterocycles. The van der Waals surface area contributed by atoms with Gasteiger partial charge in [0.05, 0.1) is 28.1 Å². The lowest BCUT2D eigenvalue weighted by molar-refractivity contribution is 0.0600. The number of sulfonamides is 1. The number of ether oxygens (including phenoxy) is 1. The Labute approximate surface area is 161 Å². The molecule has 3 aromatic rings. The smallest absolute Gasteiger partial charge is 0.337 e. The highest BCUT2D eigenvalue weighted by Gasteiger charge is 2.16. The van der Waals surface area contributed by atoms with Crippen LogP contribution < -0.4 is 4.72 Å². The molecule has 0 aliphatic carbocycles. The third-order valence-electron chi connectivity index (χ3n) is 3.53. The van der Waals surface area contributed by atoms with E-state index < -0.39 is 16.0 Å². The number of rotatable bonds is 4. The number of anilines is 1. The SMILES string of the molecule is COC(=O)c1cccc(S(=O)(=O)Nc2cccc(C#Cc3cccs3)c2)c1. The van der Waals surface area contributed by atoms with Gasteiger partial charge in [0.25, 0.3) is 10.0 Å². The van der Waals surface area contributed by atoms with E-state index in [-0.39, 0.29) is 10.5 Å². The summed E-state index contributed by atoms with van der Waals surface area (Å²) in [5.74, 6) is 5.44. The van der Waals surface area contributed by atoms with Crippen molar-refractivity contribution in [2.24, 2.45) is 0 Å². The lowest BCUT2D eigenvalue weighted by Crippen LogP contribution is -2.14. The summed E-state index contributed by atoms with van der Waals surface area (Å²) in [6.07, 6.45) is 0. The van der Waals surface area contributed by atoms with Crippen LogP contribution >= 0.6 is 11.3 Å². The monoisotopic (exact) mass is 397 g/mol. The minimum atomic E-state index is -3.86. The number of hydrogen-bond donors (Lipinski definition) is 1. The summed E-state index contributed by atoms with van der Waals surface area (Å²) >= 11 is 1.54. The van der Waals surface area contributed by atoms with E-state index in [2.05, 4.69) is 21.3 Å². The molecule has 1 heterocycles. The van der Waals surface area contributed by atoms with Gasteiger partial charge in [-0.3, -0.25) is 4.72 Å². The Balaban J connectivity index is 1.84. The molecule has 1 aromatic heterocycles. The predicted octanol–water partition coefficient (Wildman–Crippen LogP) is 3.74. The summed E-state index contributed by atoms with van der Waals surface area (Å²) in [6, 6.07) is 16.3. The Morgan fingerprint density at radius 1 is 1.04 bits per heavy atom. The summed E-state index contributed by atoms with van der Waals surface area (Å²) in [5, 5.41) is 1.94. The van der Waals surface area contributed by atoms with Crippen molar-refractivity contribution >= 4 is 33.0 Å². The number of nitrogens with one attached hydrogen (secondary N) is 1. The first-order valence-corrected chi connectivity index (χ1v) is 10.2. The number of hydrogen-bond acceptors (Lipinski definition) is 5.